The van der Waals surface area contributed by atoms with Crippen LogP contribution >= 0.6 is 0 Å². The lowest BCUT2D eigenvalue weighted by Crippen LogP contribution is -2.05. The smallest absolute Gasteiger partial charge is 0.231 e. The third-order valence-electron chi connectivity index (χ3n) is 3.52. The second kappa shape index (κ2) is 5.07. The fourth-order valence-corrected chi connectivity index (χ4v) is 2.41. The normalized spacial score (nSPS) is 12.5. The summed E-state index contributed by atoms with van der Waals surface area (Å²) in [7, 11) is 0. The Morgan fingerprint density at radius 2 is 1.91 bits per heavy atom. The zero-order chi connectivity index (χ0) is 14.9. The fourth-order valence-electron chi connectivity index (χ4n) is 2.41. The number of hydrogen-bond donors (Lipinski definition) is 2. The van der Waals surface area contributed by atoms with Crippen LogP contribution in [0.15, 0.2) is 42.5 Å². The quantitative estimate of drug-likeness (QED) is 0.772. The number of hydrogen-bond acceptors (Lipinski definition) is 6. The molecule has 6 heteroatoms. The van der Waals surface area contributed by atoms with Gasteiger partial charge in [-0.2, -0.15) is 4.98 Å². The Kier molecular flexibility index (Phi) is 2.93. The third kappa shape index (κ3) is 2.24. The molecule has 2 aromatic carbocycles. The molecule has 1 aromatic heterocycles. The van der Waals surface area contributed by atoms with Crippen molar-refractivity contribution in [1.29, 1.82) is 0 Å². The lowest BCUT2D eigenvalue weighted by atomic mass is 10.2. The van der Waals surface area contributed by atoms with Crippen LogP contribution in [0.25, 0.3) is 10.9 Å². The summed E-state index contributed by atoms with van der Waals surface area (Å²) in [6.07, 6.45) is 0. The van der Waals surface area contributed by atoms with E-state index in [4.69, 9.17) is 15.2 Å². The van der Waals surface area contributed by atoms with Gasteiger partial charge in [-0.3, -0.25) is 0 Å². The van der Waals surface area contributed by atoms with E-state index < -0.39 is 0 Å². The van der Waals surface area contributed by atoms with Gasteiger partial charge in [-0.05, 0) is 29.8 Å². The van der Waals surface area contributed by atoms with E-state index in [1.807, 2.05) is 42.5 Å². The number of nitrogens with one attached hydrogen (secondary N) is 1. The van der Waals surface area contributed by atoms with Crippen molar-refractivity contribution in [2.75, 3.05) is 17.8 Å². The Morgan fingerprint density at radius 1 is 1.05 bits per heavy atom. The summed E-state index contributed by atoms with van der Waals surface area (Å²) in [5.74, 6) is 2.51. The van der Waals surface area contributed by atoms with Gasteiger partial charge in [0, 0.05) is 11.9 Å². The highest BCUT2D eigenvalue weighted by atomic mass is 16.7. The summed E-state index contributed by atoms with van der Waals surface area (Å²) in [4.78, 5) is 8.75. The van der Waals surface area contributed by atoms with Gasteiger partial charge in [0.25, 0.3) is 0 Å². The Hall–Kier alpha value is -3.02. The predicted octanol–water partition coefficient (Wildman–Crippen LogP) is 2.55. The summed E-state index contributed by atoms with van der Waals surface area (Å²) < 4.78 is 10.7. The molecule has 0 unspecified atom stereocenters. The molecule has 2 heterocycles. The van der Waals surface area contributed by atoms with Crippen LogP contribution in [0.3, 0.4) is 0 Å². The number of aromatic nitrogens is 2. The first-order valence-corrected chi connectivity index (χ1v) is 6.94. The first kappa shape index (κ1) is 12.7. The molecule has 0 fully saturated rings. The molecular formula is C16H14N4O2. The number of anilines is 2. The van der Waals surface area contributed by atoms with Crippen molar-refractivity contribution >= 4 is 22.7 Å². The number of nitrogen functional groups attached to an aromatic ring is 1. The summed E-state index contributed by atoms with van der Waals surface area (Å²) in [6.45, 7) is 0.852. The van der Waals surface area contributed by atoms with E-state index in [0.717, 1.165) is 28.0 Å². The Labute approximate surface area is 126 Å². The Bertz CT molecular complexity index is 851. The summed E-state index contributed by atoms with van der Waals surface area (Å²) >= 11 is 0. The highest BCUT2D eigenvalue weighted by molar-refractivity contribution is 5.88. The molecule has 0 amide bonds. The van der Waals surface area contributed by atoms with Crippen molar-refractivity contribution in [2.24, 2.45) is 0 Å². The molecule has 0 aliphatic carbocycles. The molecule has 0 saturated carbocycles. The van der Waals surface area contributed by atoms with Crippen LogP contribution in [0.2, 0.25) is 0 Å². The van der Waals surface area contributed by atoms with Crippen LogP contribution in [0, 0.1) is 0 Å². The van der Waals surface area contributed by atoms with Crippen molar-refractivity contribution in [3.63, 3.8) is 0 Å². The molecule has 1 aliphatic rings. The van der Waals surface area contributed by atoms with E-state index >= 15 is 0 Å². The van der Waals surface area contributed by atoms with E-state index in [2.05, 4.69) is 15.3 Å². The molecule has 110 valence electrons. The zero-order valence-electron chi connectivity index (χ0n) is 11.7. The maximum Gasteiger partial charge on any atom is 0.231 e. The van der Waals surface area contributed by atoms with E-state index in [1.165, 1.54) is 0 Å². The fraction of sp³-hybridized carbons (Fsp3) is 0.125. The van der Waals surface area contributed by atoms with E-state index in [0.29, 0.717) is 18.3 Å². The summed E-state index contributed by atoms with van der Waals surface area (Å²) in [6, 6.07) is 13.5. The molecule has 3 aromatic rings. The number of para-hydroxylation sites is 1. The Balaban J connectivity index is 1.56. The lowest BCUT2D eigenvalue weighted by Gasteiger charge is -2.08. The second-order valence-electron chi connectivity index (χ2n) is 4.99. The van der Waals surface area contributed by atoms with Crippen molar-refractivity contribution in [3.05, 3.63) is 48.0 Å². The van der Waals surface area contributed by atoms with Gasteiger partial charge in [-0.15, -0.1) is 0 Å². The van der Waals surface area contributed by atoms with Crippen LogP contribution in [0.5, 0.6) is 11.5 Å². The van der Waals surface area contributed by atoms with E-state index in [1.54, 1.807) is 0 Å². The number of rotatable bonds is 3. The molecule has 0 bridgehead atoms. The minimum atomic E-state index is 0.274. The maximum atomic E-state index is 5.97. The van der Waals surface area contributed by atoms with Gasteiger partial charge in [-0.1, -0.05) is 18.2 Å². The highest BCUT2D eigenvalue weighted by Crippen LogP contribution is 2.32. The van der Waals surface area contributed by atoms with Gasteiger partial charge in [0.1, 0.15) is 5.82 Å². The van der Waals surface area contributed by atoms with Crippen molar-refractivity contribution in [1.82, 2.24) is 9.97 Å². The molecule has 0 spiro atoms. The standard InChI is InChI=1S/C16H14N4O2/c17-15-11-3-1-2-4-12(11)19-16(20-15)18-8-10-5-6-13-14(7-10)22-9-21-13/h1-7H,8-9H2,(H3,17,18,19,20). The average molecular weight is 294 g/mol. The van der Waals surface area contributed by atoms with Gasteiger partial charge < -0.3 is 20.5 Å². The third-order valence-corrected chi connectivity index (χ3v) is 3.52. The molecule has 22 heavy (non-hydrogen) atoms. The van der Waals surface area contributed by atoms with Gasteiger partial charge in [0.05, 0.1) is 5.52 Å². The first-order valence-electron chi connectivity index (χ1n) is 6.94. The molecule has 0 saturated heterocycles. The minimum Gasteiger partial charge on any atom is -0.454 e. The number of nitrogens with two attached hydrogens (primary N) is 1. The van der Waals surface area contributed by atoms with E-state index in [-0.39, 0.29) is 6.79 Å². The van der Waals surface area contributed by atoms with Crippen molar-refractivity contribution in [3.8, 4) is 11.5 Å². The van der Waals surface area contributed by atoms with Gasteiger partial charge >= 0.3 is 0 Å². The minimum absolute atomic E-state index is 0.274. The molecule has 1 aliphatic heterocycles. The average Bonchev–Trinajstić information content (AvgIpc) is 3.00. The molecular weight excluding hydrogens is 280 g/mol. The number of fused-ring (bicyclic) bond motifs is 2. The highest BCUT2D eigenvalue weighted by Gasteiger charge is 2.13. The van der Waals surface area contributed by atoms with Crippen molar-refractivity contribution in [2.45, 2.75) is 6.54 Å². The van der Waals surface area contributed by atoms with Crippen LogP contribution in [-0.2, 0) is 6.54 Å². The van der Waals surface area contributed by atoms with Crippen LogP contribution in [0.4, 0.5) is 11.8 Å². The molecule has 4 rings (SSSR count). The summed E-state index contributed by atoms with van der Waals surface area (Å²) in [5.41, 5.74) is 7.85. The van der Waals surface area contributed by atoms with Gasteiger partial charge in [0.15, 0.2) is 11.5 Å². The molecule has 0 radical (unpaired) electrons. The number of ether oxygens (including phenoxy) is 2. The van der Waals surface area contributed by atoms with Crippen LogP contribution in [0.1, 0.15) is 5.56 Å². The molecule has 0 atom stereocenters. The molecule has 3 N–H and O–H groups in total. The summed E-state index contributed by atoms with van der Waals surface area (Å²) in [5, 5.41) is 4.04. The zero-order valence-corrected chi connectivity index (χ0v) is 11.7. The molecule has 6 nitrogen and oxygen atoms in total. The number of nitrogens with zero attached hydrogens (tertiary/aromatic N) is 2. The number of benzene rings is 2. The van der Waals surface area contributed by atoms with E-state index in [9.17, 15) is 0 Å². The predicted molar refractivity (Wildman–Crippen MR) is 83.8 cm³/mol. The largest absolute Gasteiger partial charge is 0.454 e. The van der Waals surface area contributed by atoms with Crippen molar-refractivity contribution < 1.29 is 9.47 Å². The topological polar surface area (TPSA) is 82.3 Å². The monoisotopic (exact) mass is 294 g/mol. The SMILES string of the molecule is Nc1nc(NCc2ccc3c(c2)OCO3)nc2ccccc12. The first-order chi connectivity index (χ1) is 10.8. The Morgan fingerprint density at radius 3 is 2.86 bits per heavy atom. The van der Waals surface area contributed by atoms with Crippen LogP contribution < -0.4 is 20.5 Å². The second-order valence-corrected chi connectivity index (χ2v) is 4.99. The van der Waals surface area contributed by atoms with Gasteiger partial charge in [-0.25, -0.2) is 4.98 Å². The van der Waals surface area contributed by atoms with Gasteiger partial charge in [0.2, 0.25) is 12.7 Å². The lowest BCUT2D eigenvalue weighted by molar-refractivity contribution is 0.174. The van der Waals surface area contributed by atoms with Crippen LogP contribution in [-0.4, -0.2) is 16.8 Å². The maximum absolute atomic E-state index is 5.97.